The molecule has 0 saturated carbocycles. The van der Waals surface area contributed by atoms with Crippen LogP contribution in [0.4, 0.5) is 4.39 Å². The lowest BCUT2D eigenvalue weighted by Gasteiger charge is -2.29. The molecule has 1 N–H and O–H groups in total. The second-order valence-electron chi connectivity index (χ2n) is 5.27. The molecule has 1 fully saturated rings. The van der Waals surface area contributed by atoms with E-state index >= 15 is 0 Å². The Labute approximate surface area is 127 Å². The topological polar surface area (TPSA) is 32.3 Å². The lowest BCUT2D eigenvalue weighted by atomic mass is 10.1. The Kier molecular flexibility index (Phi) is 5.54. The summed E-state index contributed by atoms with van der Waals surface area (Å²) in [6, 6.07) is 4.52. The average Bonchev–Trinajstić information content (AvgIpc) is 2.44. The van der Waals surface area contributed by atoms with Crippen LogP contribution in [-0.4, -0.2) is 29.9 Å². The van der Waals surface area contributed by atoms with Gasteiger partial charge in [-0.05, 0) is 49.9 Å². The predicted octanol–water partition coefficient (Wildman–Crippen LogP) is 3.08. The summed E-state index contributed by atoms with van der Waals surface area (Å²) in [5.74, 6) is -0.133. The number of rotatable bonds is 4. The minimum absolute atomic E-state index is 0.139. The van der Waals surface area contributed by atoms with E-state index in [4.69, 9.17) is 0 Å². The van der Waals surface area contributed by atoms with Gasteiger partial charge in [-0.2, -0.15) is 0 Å². The Morgan fingerprint density at radius 2 is 2.05 bits per heavy atom. The number of benzene rings is 1. The van der Waals surface area contributed by atoms with Crippen LogP contribution >= 0.6 is 15.9 Å². The highest BCUT2D eigenvalue weighted by Crippen LogP contribution is 2.15. The first-order chi connectivity index (χ1) is 9.56. The SMILES string of the molecule is CC(NCc1cc(F)cc(Br)c1)C(=O)N1CCCCC1. The van der Waals surface area contributed by atoms with Crippen LogP contribution in [0.3, 0.4) is 0 Å². The van der Waals surface area contributed by atoms with E-state index < -0.39 is 0 Å². The second kappa shape index (κ2) is 7.18. The summed E-state index contributed by atoms with van der Waals surface area (Å²) in [5, 5.41) is 3.17. The third-order valence-electron chi connectivity index (χ3n) is 3.57. The van der Waals surface area contributed by atoms with Crippen molar-refractivity contribution in [1.29, 1.82) is 0 Å². The normalized spacial score (nSPS) is 17.1. The molecule has 5 heteroatoms. The second-order valence-corrected chi connectivity index (χ2v) is 6.18. The highest BCUT2D eigenvalue weighted by Gasteiger charge is 2.21. The fourth-order valence-electron chi connectivity index (χ4n) is 2.46. The first kappa shape index (κ1) is 15.4. The number of nitrogens with zero attached hydrogens (tertiary/aromatic N) is 1. The van der Waals surface area contributed by atoms with E-state index in [9.17, 15) is 9.18 Å². The fourth-order valence-corrected chi connectivity index (χ4v) is 2.97. The maximum atomic E-state index is 13.3. The molecule has 1 aliphatic heterocycles. The minimum Gasteiger partial charge on any atom is -0.341 e. The number of carbonyl (C=O) groups is 1. The maximum absolute atomic E-state index is 13.3. The van der Waals surface area contributed by atoms with Crippen molar-refractivity contribution < 1.29 is 9.18 Å². The van der Waals surface area contributed by atoms with Gasteiger partial charge in [-0.3, -0.25) is 4.79 Å². The number of halogens is 2. The molecule has 0 aliphatic carbocycles. The van der Waals surface area contributed by atoms with Crippen molar-refractivity contribution >= 4 is 21.8 Å². The van der Waals surface area contributed by atoms with Gasteiger partial charge in [0.1, 0.15) is 5.82 Å². The summed E-state index contributed by atoms with van der Waals surface area (Å²) in [6.45, 7) is 4.06. The van der Waals surface area contributed by atoms with E-state index in [0.717, 1.165) is 31.5 Å². The zero-order valence-corrected chi connectivity index (χ0v) is 13.2. The van der Waals surface area contributed by atoms with Gasteiger partial charge in [-0.25, -0.2) is 4.39 Å². The average molecular weight is 343 g/mol. The van der Waals surface area contributed by atoms with Crippen LogP contribution in [0.25, 0.3) is 0 Å². The Morgan fingerprint density at radius 3 is 2.70 bits per heavy atom. The molecule has 1 heterocycles. The van der Waals surface area contributed by atoms with E-state index in [1.807, 2.05) is 17.9 Å². The molecule has 3 nitrogen and oxygen atoms in total. The molecular weight excluding hydrogens is 323 g/mol. The molecule has 1 amide bonds. The number of hydrogen-bond acceptors (Lipinski definition) is 2. The number of likely N-dealkylation sites (tertiary alicyclic amines) is 1. The molecular formula is C15H20BrFN2O. The monoisotopic (exact) mass is 342 g/mol. The Morgan fingerprint density at radius 1 is 1.35 bits per heavy atom. The summed E-state index contributed by atoms with van der Waals surface area (Å²) >= 11 is 3.27. The van der Waals surface area contributed by atoms with Gasteiger partial charge in [0.05, 0.1) is 6.04 Å². The van der Waals surface area contributed by atoms with E-state index in [-0.39, 0.29) is 17.8 Å². The zero-order chi connectivity index (χ0) is 14.5. The molecule has 1 unspecified atom stereocenters. The van der Waals surface area contributed by atoms with Crippen LogP contribution in [-0.2, 0) is 11.3 Å². The van der Waals surface area contributed by atoms with E-state index in [1.165, 1.54) is 18.6 Å². The van der Waals surface area contributed by atoms with Crippen LogP contribution in [0.1, 0.15) is 31.7 Å². The van der Waals surface area contributed by atoms with Crippen LogP contribution < -0.4 is 5.32 Å². The Balaban J connectivity index is 1.87. The molecule has 1 aliphatic rings. The largest absolute Gasteiger partial charge is 0.341 e. The minimum atomic E-state index is -0.272. The summed E-state index contributed by atoms with van der Waals surface area (Å²) in [5.41, 5.74) is 0.829. The summed E-state index contributed by atoms with van der Waals surface area (Å²) < 4.78 is 14.0. The molecule has 2 rings (SSSR count). The van der Waals surface area contributed by atoms with Crippen molar-refractivity contribution in [3.8, 4) is 0 Å². The van der Waals surface area contributed by atoms with Gasteiger partial charge in [0, 0.05) is 24.1 Å². The molecule has 0 bridgehead atoms. The standard InChI is InChI=1S/C15H20BrFN2O/c1-11(15(20)19-5-3-2-4-6-19)18-10-12-7-13(16)9-14(17)8-12/h7-9,11,18H,2-6,10H2,1H3. The van der Waals surface area contributed by atoms with Crippen LogP contribution in [0.5, 0.6) is 0 Å². The van der Waals surface area contributed by atoms with Crippen LogP contribution in [0.2, 0.25) is 0 Å². The van der Waals surface area contributed by atoms with E-state index in [1.54, 1.807) is 0 Å². The molecule has 1 saturated heterocycles. The van der Waals surface area contributed by atoms with Gasteiger partial charge in [-0.15, -0.1) is 0 Å². The van der Waals surface area contributed by atoms with Gasteiger partial charge >= 0.3 is 0 Å². The lowest BCUT2D eigenvalue weighted by molar-refractivity contribution is -0.133. The smallest absolute Gasteiger partial charge is 0.239 e. The van der Waals surface area contributed by atoms with Crippen molar-refractivity contribution in [2.24, 2.45) is 0 Å². The quantitative estimate of drug-likeness (QED) is 0.911. The molecule has 1 atom stereocenters. The van der Waals surface area contributed by atoms with Gasteiger partial charge in [-0.1, -0.05) is 15.9 Å². The predicted molar refractivity (Wildman–Crippen MR) is 80.8 cm³/mol. The van der Waals surface area contributed by atoms with Crippen LogP contribution in [0.15, 0.2) is 22.7 Å². The van der Waals surface area contributed by atoms with E-state index in [0.29, 0.717) is 11.0 Å². The molecule has 1 aromatic rings. The lowest BCUT2D eigenvalue weighted by Crippen LogP contribution is -2.46. The zero-order valence-electron chi connectivity index (χ0n) is 11.7. The maximum Gasteiger partial charge on any atom is 0.239 e. The van der Waals surface area contributed by atoms with Crippen molar-refractivity contribution in [3.05, 3.63) is 34.1 Å². The van der Waals surface area contributed by atoms with Gasteiger partial charge < -0.3 is 10.2 Å². The van der Waals surface area contributed by atoms with Crippen molar-refractivity contribution in [1.82, 2.24) is 10.2 Å². The molecule has 0 radical (unpaired) electrons. The van der Waals surface area contributed by atoms with Crippen molar-refractivity contribution in [3.63, 3.8) is 0 Å². The summed E-state index contributed by atoms with van der Waals surface area (Å²) in [6.07, 6.45) is 3.40. The third-order valence-corrected chi connectivity index (χ3v) is 4.03. The van der Waals surface area contributed by atoms with Gasteiger partial charge in [0.25, 0.3) is 0 Å². The van der Waals surface area contributed by atoms with Crippen molar-refractivity contribution in [2.75, 3.05) is 13.1 Å². The van der Waals surface area contributed by atoms with Gasteiger partial charge in [0.15, 0.2) is 0 Å². The number of nitrogens with one attached hydrogen (secondary N) is 1. The first-order valence-corrected chi connectivity index (χ1v) is 7.83. The highest BCUT2D eigenvalue weighted by atomic mass is 79.9. The Hall–Kier alpha value is -0.940. The molecule has 0 aromatic heterocycles. The highest BCUT2D eigenvalue weighted by molar-refractivity contribution is 9.10. The number of hydrogen-bond donors (Lipinski definition) is 1. The number of piperidine rings is 1. The third kappa shape index (κ3) is 4.28. The van der Waals surface area contributed by atoms with Crippen molar-refractivity contribution in [2.45, 2.75) is 38.8 Å². The van der Waals surface area contributed by atoms with E-state index in [2.05, 4.69) is 21.2 Å². The molecule has 0 spiro atoms. The van der Waals surface area contributed by atoms with Crippen LogP contribution in [0, 0.1) is 5.82 Å². The summed E-state index contributed by atoms with van der Waals surface area (Å²) in [4.78, 5) is 14.2. The molecule has 20 heavy (non-hydrogen) atoms. The number of amides is 1. The first-order valence-electron chi connectivity index (χ1n) is 7.03. The molecule has 1 aromatic carbocycles. The van der Waals surface area contributed by atoms with Gasteiger partial charge in [0.2, 0.25) is 5.91 Å². The summed E-state index contributed by atoms with van der Waals surface area (Å²) in [7, 11) is 0. The fraction of sp³-hybridized carbons (Fsp3) is 0.533. The molecule has 110 valence electrons. The number of carbonyl (C=O) groups excluding carboxylic acids is 1. The Bertz CT molecular complexity index is 455.